The van der Waals surface area contributed by atoms with E-state index in [4.69, 9.17) is 14.2 Å². The number of nitro groups is 1. The molecule has 0 amide bonds. The zero-order valence-electron chi connectivity index (χ0n) is 21.5. The molecule has 39 heavy (non-hydrogen) atoms. The number of dihydropyridines is 1. The topological polar surface area (TPSA) is 169 Å². The maximum Gasteiger partial charge on any atom is 0.337 e. The number of nitro benzene ring substituents is 1. The Morgan fingerprint density at radius 1 is 0.923 bits per heavy atom. The number of non-ortho nitro benzene ring substituents is 1. The number of ether oxygens (including phenoxy) is 3. The van der Waals surface area contributed by atoms with Crippen molar-refractivity contribution in [1.29, 1.82) is 0 Å². The summed E-state index contributed by atoms with van der Waals surface area (Å²) < 4.78 is 16.0. The fourth-order valence-electron chi connectivity index (χ4n) is 4.08. The van der Waals surface area contributed by atoms with Gasteiger partial charge < -0.3 is 24.4 Å². The summed E-state index contributed by atoms with van der Waals surface area (Å²) >= 11 is 0. The molecule has 1 aliphatic rings. The number of allylic oxidation sites excluding steroid dienone is 2. The van der Waals surface area contributed by atoms with Crippen LogP contribution < -0.4 is 10.1 Å². The predicted octanol–water partition coefficient (Wildman–Crippen LogP) is 3.72. The Labute approximate surface area is 223 Å². The van der Waals surface area contributed by atoms with Crippen LogP contribution in [0.5, 0.6) is 5.75 Å². The zero-order chi connectivity index (χ0) is 28.5. The predicted molar refractivity (Wildman–Crippen MR) is 136 cm³/mol. The van der Waals surface area contributed by atoms with E-state index in [1.165, 1.54) is 25.3 Å². The maximum absolute atomic E-state index is 13.4. The van der Waals surface area contributed by atoms with Crippen LogP contribution in [0.1, 0.15) is 37.3 Å². The van der Waals surface area contributed by atoms with Gasteiger partial charge in [-0.2, -0.15) is 0 Å². The molecule has 0 radical (unpaired) electrons. The van der Waals surface area contributed by atoms with Gasteiger partial charge in [0.05, 0.1) is 42.3 Å². The van der Waals surface area contributed by atoms with Gasteiger partial charge in [-0.1, -0.05) is 24.3 Å². The second-order valence-corrected chi connectivity index (χ2v) is 8.46. The van der Waals surface area contributed by atoms with Crippen molar-refractivity contribution in [3.63, 3.8) is 0 Å². The molecule has 0 bridgehead atoms. The van der Waals surface area contributed by atoms with Crippen LogP contribution >= 0.6 is 0 Å². The molecule has 0 fully saturated rings. The lowest BCUT2D eigenvalue weighted by Crippen LogP contribution is -2.32. The van der Waals surface area contributed by atoms with Crippen molar-refractivity contribution in [3.05, 3.63) is 102 Å². The minimum Gasteiger partial charge on any atom is -0.497 e. The number of esters is 2. The number of hydrogen-bond acceptors (Lipinski definition) is 11. The first-order chi connectivity index (χ1) is 18.6. The van der Waals surface area contributed by atoms with Crippen LogP contribution in [-0.2, 0) is 30.5 Å². The second-order valence-electron chi connectivity index (χ2n) is 8.46. The van der Waals surface area contributed by atoms with Crippen molar-refractivity contribution in [2.45, 2.75) is 32.8 Å². The molecule has 0 saturated heterocycles. The summed E-state index contributed by atoms with van der Waals surface area (Å²) in [7, 11) is 1.53. The van der Waals surface area contributed by atoms with Crippen LogP contribution in [0, 0.1) is 20.2 Å². The smallest absolute Gasteiger partial charge is 0.337 e. The molecule has 13 nitrogen and oxygen atoms in total. The lowest BCUT2D eigenvalue weighted by atomic mass is 9.80. The summed E-state index contributed by atoms with van der Waals surface area (Å²) in [6.07, 6.45) is 0.0551. The largest absolute Gasteiger partial charge is 0.497 e. The van der Waals surface area contributed by atoms with Crippen molar-refractivity contribution in [2.75, 3.05) is 20.3 Å². The van der Waals surface area contributed by atoms with E-state index in [0.717, 1.165) is 0 Å². The Kier molecular flexibility index (Phi) is 9.57. The lowest BCUT2D eigenvalue weighted by molar-refractivity contribution is -0.757. The fourth-order valence-corrected chi connectivity index (χ4v) is 4.08. The molecule has 0 saturated carbocycles. The van der Waals surface area contributed by atoms with Crippen LogP contribution in [0.25, 0.3) is 0 Å². The molecule has 3 rings (SSSR count). The Morgan fingerprint density at radius 2 is 1.56 bits per heavy atom. The third kappa shape index (κ3) is 7.31. The summed E-state index contributed by atoms with van der Waals surface area (Å²) in [6, 6.07) is 12.5. The van der Waals surface area contributed by atoms with Gasteiger partial charge in [0, 0.05) is 29.9 Å². The van der Waals surface area contributed by atoms with Gasteiger partial charge in [0.2, 0.25) is 0 Å². The van der Waals surface area contributed by atoms with Crippen LogP contribution in [0.2, 0.25) is 0 Å². The molecule has 1 heterocycles. The highest BCUT2D eigenvalue weighted by Crippen LogP contribution is 2.40. The van der Waals surface area contributed by atoms with E-state index in [0.29, 0.717) is 28.3 Å². The van der Waals surface area contributed by atoms with Crippen molar-refractivity contribution >= 4 is 17.6 Å². The number of rotatable bonds is 12. The highest BCUT2D eigenvalue weighted by molar-refractivity contribution is 6.00. The van der Waals surface area contributed by atoms with Gasteiger partial charge in [0.1, 0.15) is 12.4 Å². The maximum atomic E-state index is 13.4. The Morgan fingerprint density at radius 3 is 2.15 bits per heavy atom. The molecule has 1 atom stereocenters. The Bertz CT molecular complexity index is 1320. The summed E-state index contributed by atoms with van der Waals surface area (Å²) in [5.74, 6) is -1.94. The molecule has 0 spiro atoms. The van der Waals surface area contributed by atoms with E-state index in [-0.39, 0.29) is 43.1 Å². The number of carbonyl (C=O) groups excluding carboxylic acids is 2. The molecule has 0 aliphatic carbocycles. The van der Waals surface area contributed by atoms with Gasteiger partial charge in [0.25, 0.3) is 10.8 Å². The van der Waals surface area contributed by atoms with E-state index in [2.05, 4.69) is 10.2 Å². The van der Waals surface area contributed by atoms with Gasteiger partial charge in [-0.15, -0.1) is 10.1 Å². The number of nitrogens with zero attached hydrogens (tertiary/aromatic N) is 2. The van der Waals surface area contributed by atoms with E-state index in [1.54, 1.807) is 44.2 Å². The molecule has 2 aromatic rings. The monoisotopic (exact) mass is 541 g/mol. The van der Waals surface area contributed by atoms with Crippen molar-refractivity contribution in [3.8, 4) is 5.75 Å². The molecular formula is C26H27N3O10. The molecule has 0 aromatic heterocycles. The molecule has 1 N–H and O–H groups in total. The number of nitrogens with one attached hydrogen (secondary N) is 1. The zero-order valence-corrected chi connectivity index (χ0v) is 21.5. The van der Waals surface area contributed by atoms with Gasteiger partial charge in [-0.05, 0) is 37.1 Å². The first-order valence-electron chi connectivity index (χ1n) is 11.8. The molecule has 206 valence electrons. The van der Waals surface area contributed by atoms with Crippen LogP contribution in [0.15, 0.2) is 71.1 Å². The van der Waals surface area contributed by atoms with Crippen molar-refractivity contribution in [2.24, 2.45) is 0 Å². The number of methoxy groups -OCH3 is 1. The Hall–Kier alpha value is -4.94. The van der Waals surface area contributed by atoms with Crippen LogP contribution in [0.4, 0.5) is 5.69 Å². The fraction of sp³-hybridized carbons (Fsp3) is 0.308. The lowest BCUT2D eigenvalue weighted by Gasteiger charge is -2.30. The third-order valence-corrected chi connectivity index (χ3v) is 5.86. The quantitative estimate of drug-likeness (QED) is 0.180. The molecular weight excluding hydrogens is 514 g/mol. The van der Waals surface area contributed by atoms with Gasteiger partial charge in [-0.3, -0.25) is 10.1 Å². The average molecular weight is 542 g/mol. The first-order valence-corrected chi connectivity index (χ1v) is 11.8. The van der Waals surface area contributed by atoms with Crippen LogP contribution in [0.3, 0.4) is 0 Å². The number of hydrogen-bond donors (Lipinski definition) is 1. The van der Waals surface area contributed by atoms with Crippen molar-refractivity contribution < 1.29 is 38.6 Å². The molecule has 2 aromatic carbocycles. The summed E-state index contributed by atoms with van der Waals surface area (Å²) in [6.45, 7) is 2.71. The SMILES string of the molecule is COc1ccc(COC(=O)C2=C(C)NC(C)=C(C(=O)OCCCO[N+](=O)[O-])C2c2cccc([N+](=O)[O-])c2)cc1. The highest BCUT2D eigenvalue weighted by Gasteiger charge is 2.38. The van der Waals surface area contributed by atoms with Gasteiger partial charge >= 0.3 is 11.9 Å². The number of benzene rings is 2. The van der Waals surface area contributed by atoms with E-state index >= 15 is 0 Å². The normalized spacial score (nSPS) is 14.8. The minimum absolute atomic E-state index is 0.0488. The number of carbonyl (C=O) groups is 2. The summed E-state index contributed by atoms with van der Waals surface area (Å²) in [5.41, 5.74) is 1.69. The molecule has 1 aliphatic heterocycles. The van der Waals surface area contributed by atoms with Gasteiger partial charge in [-0.25, -0.2) is 9.59 Å². The van der Waals surface area contributed by atoms with Crippen molar-refractivity contribution in [1.82, 2.24) is 5.32 Å². The summed E-state index contributed by atoms with van der Waals surface area (Å²) in [5, 5.41) is 23.8. The van der Waals surface area contributed by atoms with E-state index in [1.807, 2.05) is 0 Å². The molecule has 13 heteroatoms. The Balaban J connectivity index is 1.91. The third-order valence-electron chi connectivity index (χ3n) is 5.86. The first kappa shape index (κ1) is 28.6. The van der Waals surface area contributed by atoms with Crippen LogP contribution in [-0.4, -0.2) is 42.3 Å². The van der Waals surface area contributed by atoms with E-state index in [9.17, 15) is 29.8 Å². The highest BCUT2D eigenvalue weighted by atomic mass is 16.9. The van der Waals surface area contributed by atoms with E-state index < -0.39 is 27.9 Å². The summed E-state index contributed by atoms with van der Waals surface area (Å²) in [4.78, 5) is 52.1. The molecule has 1 unspecified atom stereocenters. The standard InChI is InChI=1S/C26H27N3O10/c1-16-22(25(30)37-12-5-13-39-29(34)35)24(19-6-4-7-20(14-19)28(32)33)23(17(2)27-16)26(31)38-15-18-8-10-21(36-3)11-9-18/h4,6-11,14,24,27H,5,12-13,15H2,1-3H3. The minimum atomic E-state index is -1.04. The average Bonchev–Trinajstić information content (AvgIpc) is 2.91. The second kappa shape index (κ2) is 13.0. The van der Waals surface area contributed by atoms with Gasteiger partial charge in [0.15, 0.2) is 0 Å².